The fourth-order valence-corrected chi connectivity index (χ4v) is 3.68. The smallest absolute Gasteiger partial charge is 0.242 e. The summed E-state index contributed by atoms with van der Waals surface area (Å²) >= 11 is 0. The van der Waals surface area contributed by atoms with Crippen LogP contribution in [0.1, 0.15) is 5.89 Å². The third-order valence-electron chi connectivity index (χ3n) is 3.22. The van der Waals surface area contributed by atoms with Gasteiger partial charge >= 0.3 is 0 Å². The lowest BCUT2D eigenvalue weighted by molar-refractivity contribution is 0.371. The van der Waals surface area contributed by atoms with Gasteiger partial charge in [0, 0.05) is 0 Å². The van der Waals surface area contributed by atoms with Crippen molar-refractivity contribution in [2.24, 2.45) is 0 Å². The molecular formula is C15H14N2O6S. The molecule has 0 amide bonds. The van der Waals surface area contributed by atoms with E-state index in [1.54, 1.807) is 18.2 Å². The minimum atomic E-state index is -3.83. The quantitative estimate of drug-likeness (QED) is 0.667. The van der Waals surface area contributed by atoms with E-state index in [1.807, 2.05) is 0 Å². The highest BCUT2D eigenvalue weighted by Crippen LogP contribution is 2.35. The monoisotopic (exact) mass is 350 g/mol. The predicted octanol–water partition coefficient (Wildman–Crippen LogP) is 2.32. The van der Waals surface area contributed by atoms with Crippen LogP contribution < -0.4 is 9.47 Å². The first-order valence-electron chi connectivity index (χ1n) is 6.85. The van der Waals surface area contributed by atoms with Crippen molar-refractivity contribution in [2.75, 3.05) is 14.2 Å². The summed E-state index contributed by atoms with van der Waals surface area (Å²) in [5.74, 6) is 0.376. The molecule has 9 heteroatoms. The van der Waals surface area contributed by atoms with Crippen LogP contribution in [-0.4, -0.2) is 32.8 Å². The zero-order valence-corrected chi connectivity index (χ0v) is 13.7. The molecule has 0 saturated carbocycles. The van der Waals surface area contributed by atoms with E-state index in [1.165, 1.54) is 32.6 Å². The zero-order valence-electron chi connectivity index (χ0n) is 12.9. The Hall–Kier alpha value is -2.81. The molecule has 8 nitrogen and oxygen atoms in total. The second kappa shape index (κ2) is 6.36. The lowest BCUT2D eigenvalue weighted by Gasteiger charge is -2.12. The number of nitrogens with zero attached hydrogens (tertiary/aromatic N) is 2. The maximum atomic E-state index is 12.7. The van der Waals surface area contributed by atoms with Crippen LogP contribution in [0.4, 0.5) is 0 Å². The van der Waals surface area contributed by atoms with Gasteiger partial charge in [-0.15, -0.1) is 0 Å². The Morgan fingerprint density at radius 3 is 2.38 bits per heavy atom. The van der Waals surface area contributed by atoms with Gasteiger partial charge in [0.05, 0.1) is 20.5 Å². The summed E-state index contributed by atoms with van der Waals surface area (Å²) in [5, 5.41) is 3.71. The molecule has 0 saturated heterocycles. The number of aromatic nitrogens is 2. The predicted molar refractivity (Wildman–Crippen MR) is 82.4 cm³/mol. The fourth-order valence-electron chi connectivity index (χ4n) is 2.18. The van der Waals surface area contributed by atoms with E-state index in [4.69, 9.17) is 18.4 Å². The molecule has 0 N–H and O–H groups in total. The van der Waals surface area contributed by atoms with E-state index >= 15 is 0 Å². The average molecular weight is 350 g/mol. The minimum Gasteiger partial charge on any atom is -0.495 e. The Morgan fingerprint density at radius 1 is 1.08 bits per heavy atom. The molecule has 0 atom stereocenters. The lowest BCUT2D eigenvalue weighted by Crippen LogP contribution is -2.09. The summed E-state index contributed by atoms with van der Waals surface area (Å²) in [5.41, 5.74) is 0. The second-order valence-electron chi connectivity index (χ2n) is 4.74. The third-order valence-corrected chi connectivity index (χ3v) is 4.87. The van der Waals surface area contributed by atoms with E-state index in [0.717, 1.165) is 0 Å². The van der Waals surface area contributed by atoms with Crippen LogP contribution >= 0.6 is 0 Å². The highest BCUT2D eigenvalue weighted by Gasteiger charge is 2.28. The molecular weight excluding hydrogens is 336 g/mol. The SMILES string of the molecule is COc1cccc(OC)c1S(=O)(=O)Cc1nc(-c2ccco2)no1. The van der Waals surface area contributed by atoms with Gasteiger partial charge in [-0.25, -0.2) is 8.42 Å². The van der Waals surface area contributed by atoms with Gasteiger partial charge < -0.3 is 18.4 Å². The summed E-state index contributed by atoms with van der Waals surface area (Å²) < 4.78 is 45.9. The lowest BCUT2D eigenvalue weighted by atomic mass is 10.3. The number of rotatable bonds is 6. The molecule has 0 radical (unpaired) electrons. The van der Waals surface area contributed by atoms with Crippen molar-refractivity contribution in [1.82, 2.24) is 10.1 Å². The molecule has 0 aliphatic heterocycles. The van der Waals surface area contributed by atoms with Gasteiger partial charge in [-0.1, -0.05) is 11.2 Å². The summed E-state index contributed by atoms with van der Waals surface area (Å²) in [6.07, 6.45) is 1.46. The molecule has 1 aromatic carbocycles. The average Bonchev–Trinajstić information content (AvgIpc) is 3.24. The van der Waals surface area contributed by atoms with E-state index in [-0.39, 0.29) is 28.1 Å². The number of ether oxygens (including phenoxy) is 2. The van der Waals surface area contributed by atoms with Crippen molar-refractivity contribution < 1.29 is 26.8 Å². The maximum absolute atomic E-state index is 12.7. The molecule has 0 fully saturated rings. The number of furan rings is 1. The second-order valence-corrected chi connectivity index (χ2v) is 6.67. The first kappa shape index (κ1) is 16.1. The van der Waals surface area contributed by atoms with Gasteiger partial charge in [0.1, 0.15) is 17.3 Å². The first-order chi connectivity index (χ1) is 11.5. The highest BCUT2D eigenvalue weighted by atomic mass is 32.2. The van der Waals surface area contributed by atoms with Crippen molar-refractivity contribution in [3.8, 4) is 23.1 Å². The van der Waals surface area contributed by atoms with Crippen molar-refractivity contribution in [3.63, 3.8) is 0 Å². The Kier molecular flexibility index (Phi) is 4.26. The van der Waals surface area contributed by atoms with Crippen LogP contribution in [0.3, 0.4) is 0 Å². The van der Waals surface area contributed by atoms with Crippen LogP contribution in [0.5, 0.6) is 11.5 Å². The number of hydrogen-bond acceptors (Lipinski definition) is 8. The van der Waals surface area contributed by atoms with Crippen LogP contribution in [0.15, 0.2) is 50.4 Å². The third kappa shape index (κ3) is 2.98. The minimum absolute atomic E-state index is 0.0608. The molecule has 0 aliphatic rings. The van der Waals surface area contributed by atoms with Gasteiger partial charge in [-0.3, -0.25) is 0 Å². The van der Waals surface area contributed by atoms with E-state index in [2.05, 4.69) is 10.1 Å². The van der Waals surface area contributed by atoms with Crippen molar-refractivity contribution >= 4 is 9.84 Å². The normalized spacial score (nSPS) is 11.4. The van der Waals surface area contributed by atoms with E-state index < -0.39 is 15.6 Å². The molecule has 0 unspecified atom stereocenters. The molecule has 0 bridgehead atoms. The molecule has 2 heterocycles. The molecule has 0 aliphatic carbocycles. The largest absolute Gasteiger partial charge is 0.495 e. The highest BCUT2D eigenvalue weighted by molar-refractivity contribution is 7.90. The zero-order chi connectivity index (χ0) is 17.2. The van der Waals surface area contributed by atoms with Crippen molar-refractivity contribution in [3.05, 3.63) is 42.5 Å². The number of methoxy groups -OCH3 is 2. The number of sulfone groups is 1. The standard InChI is InChI=1S/C15H14N2O6S/c1-20-10-5-3-6-11(21-2)14(10)24(18,19)9-13-16-15(17-23-13)12-7-4-8-22-12/h3-8H,9H2,1-2H3. The Labute approximate surface area is 137 Å². The molecule has 3 aromatic rings. The Morgan fingerprint density at radius 2 is 1.79 bits per heavy atom. The Balaban J connectivity index is 1.95. The van der Waals surface area contributed by atoms with Gasteiger partial charge in [-0.2, -0.15) is 4.98 Å². The van der Waals surface area contributed by atoms with Gasteiger partial charge in [-0.05, 0) is 24.3 Å². The van der Waals surface area contributed by atoms with Crippen molar-refractivity contribution in [1.29, 1.82) is 0 Å². The van der Waals surface area contributed by atoms with Gasteiger partial charge in [0.25, 0.3) is 0 Å². The Bertz CT molecular complexity index is 909. The topological polar surface area (TPSA) is 105 Å². The van der Waals surface area contributed by atoms with Gasteiger partial charge in [0.2, 0.25) is 11.7 Å². The molecule has 24 heavy (non-hydrogen) atoms. The van der Waals surface area contributed by atoms with Crippen LogP contribution in [0, 0.1) is 0 Å². The summed E-state index contributed by atoms with van der Waals surface area (Å²) in [7, 11) is -1.06. The van der Waals surface area contributed by atoms with Crippen molar-refractivity contribution in [2.45, 2.75) is 10.6 Å². The first-order valence-corrected chi connectivity index (χ1v) is 8.50. The van der Waals surface area contributed by atoms with Crippen LogP contribution in [0.25, 0.3) is 11.6 Å². The molecule has 3 rings (SSSR count). The van der Waals surface area contributed by atoms with E-state index in [9.17, 15) is 8.42 Å². The molecule has 0 spiro atoms. The number of hydrogen-bond donors (Lipinski definition) is 0. The van der Waals surface area contributed by atoms with Crippen LogP contribution in [-0.2, 0) is 15.6 Å². The van der Waals surface area contributed by atoms with Crippen LogP contribution in [0.2, 0.25) is 0 Å². The summed E-state index contributed by atoms with van der Waals surface area (Å²) in [4.78, 5) is 3.98. The summed E-state index contributed by atoms with van der Waals surface area (Å²) in [6.45, 7) is 0. The van der Waals surface area contributed by atoms with E-state index in [0.29, 0.717) is 5.76 Å². The van der Waals surface area contributed by atoms with Gasteiger partial charge in [0.15, 0.2) is 20.5 Å². The molecule has 2 aromatic heterocycles. The molecule has 126 valence electrons. The fraction of sp³-hybridized carbons (Fsp3) is 0.200. The maximum Gasteiger partial charge on any atom is 0.242 e. The summed E-state index contributed by atoms with van der Waals surface area (Å²) in [6, 6.07) is 8.03. The number of benzene rings is 1.